The van der Waals surface area contributed by atoms with Crippen LogP contribution in [0.4, 0.5) is 0 Å². The summed E-state index contributed by atoms with van der Waals surface area (Å²) in [6.45, 7) is -0.375. The monoisotopic (exact) mass is 2110 g/mol. The normalized spacial score (nSPS) is 37.8. The molecule has 66 heteroatoms. The van der Waals surface area contributed by atoms with E-state index in [1.807, 2.05) is 6.92 Å². The van der Waals surface area contributed by atoms with Gasteiger partial charge in [-0.25, -0.2) is 28.1 Å². The Labute approximate surface area is 821 Å². The molecule has 792 valence electrons. The molecule has 0 amide bonds. The fourth-order valence-corrected chi connectivity index (χ4v) is 17.6. The fourth-order valence-electron chi connectivity index (χ4n) is 16.4. The number of aliphatic hydroxyl groups is 22. The third kappa shape index (κ3) is 25.3. The maximum absolute atomic E-state index is 10.9. The molecule has 16 heterocycles. The molecule has 142 heavy (non-hydrogen) atoms. The van der Waals surface area contributed by atoms with Crippen molar-refractivity contribution >= 4 is 46.4 Å². The average molecular weight is 2110 g/mol. The zero-order valence-corrected chi connectivity index (χ0v) is 78.2. The van der Waals surface area contributed by atoms with Gasteiger partial charge >= 0.3 is 0 Å². The lowest BCUT2D eigenvalue weighted by molar-refractivity contribution is -0.359. The molecule has 0 saturated carbocycles. The minimum absolute atomic E-state index is 0.0565. The molecule has 62 nitrogen and oxygen atoms in total. The summed E-state index contributed by atoms with van der Waals surface area (Å²) in [5, 5.41) is 294. The van der Waals surface area contributed by atoms with Crippen LogP contribution in [0.3, 0.4) is 0 Å². The SMILES string of the molecule is CCCn1cc(CO[C@@H]2O[C@H](Cn3cc(CO[C@@H]4O[C@H](Cn5cc(COCc6cn(C[C@H]7O[C@@](CCl)(O[C@@H]8O[C@H](CO)[C@H](Cl)[C@H](O)[C@@H]8O)[C@@H](O)[C@@H]7O)nn6)nn5)[C@H](O)[C@H](O)[C@@H]4O)nn3)[C@H](O)[C@H](O)[C@@H]2O)nn1.Cn1cc(CO[C@@H]2O[C@@H](Cn3cc(CO[C@@H]4O[C@@H](Cn5cc(COCc6cn(C[C@@H]7O[C@](CCl)(O[C@@H]8O[C@@H](CO)[C@H](Cl)[C@@H](O)[C@@H]8O)[C@H](O)[C@H]7O)nn6)nn5)[C@H](O)[C@H](O)[C@@H]4O)nn3)[C@H](O)[C@H](O)[C@@H]2O)nn1. The van der Waals surface area contributed by atoms with E-state index in [1.165, 1.54) is 70.0 Å². The first kappa shape index (κ1) is 109. The van der Waals surface area contributed by atoms with Gasteiger partial charge in [0.25, 0.3) is 0 Å². The van der Waals surface area contributed by atoms with Crippen molar-refractivity contribution in [2.45, 2.75) is 343 Å². The molecular formula is C76H112Cl4N24O38. The molecule has 0 unspecified atom stereocenters. The predicted octanol–water partition coefficient (Wildman–Crippen LogP) is -14.2. The summed E-state index contributed by atoms with van der Waals surface area (Å²) < 4.78 is 103. The molecule has 8 aliphatic rings. The van der Waals surface area contributed by atoms with Crippen molar-refractivity contribution in [2.24, 2.45) is 7.05 Å². The lowest BCUT2D eigenvalue weighted by Crippen LogP contribution is -2.61. The van der Waals surface area contributed by atoms with Crippen molar-refractivity contribution in [2.75, 3.05) is 25.0 Å². The number of nitrogens with zero attached hydrogens (tertiary/aromatic N) is 24. The Bertz CT molecular complexity index is 5220. The van der Waals surface area contributed by atoms with Crippen LogP contribution in [-0.2, 0) is 182 Å². The third-order valence-electron chi connectivity index (χ3n) is 24.3. The topological polar surface area (TPSA) is 838 Å². The zero-order chi connectivity index (χ0) is 101. The van der Waals surface area contributed by atoms with Gasteiger partial charge in [0, 0.05) is 13.6 Å². The van der Waals surface area contributed by atoms with E-state index in [0.29, 0.717) is 40.7 Å². The smallest absolute Gasteiger partial charge is 0.214 e. The predicted molar refractivity (Wildman–Crippen MR) is 452 cm³/mol. The van der Waals surface area contributed by atoms with Crippen molar-refractivity contribution in [3.63, 3.8) is 0 Å². The number of alkyl halides is 4. The molecule has 8 aromatic heterocycles. The number of hydrogen-bond donors (Lipinski definition) is 22. The Morgan fingerprint density at radius 1 is 0.289 bits per heavy atom. The molecule has 16 rings (SSSR count). The Morgan fingerprint density at radius 3 is 0.789 bits per heavy atom. The van der Waals surface area contributed by atoms with Crippen molar-refractivity contribution in [1.82, 2.24) is 120 Å². The molecule has 0 spiro atoms. The number of aryl methyl sites for hydroxylation is 2. The number of aromatic nitrogens is 24. The van der Waals surface area contributed by atoms with Crippen molar-refractivity contribution < 1.29 is 188 Å². The second-order valence-electron chi connectivity index (χ2n) is 34.8. The standard InChI is InChI=1S/C39H58Cl2N12O19.C37H54Cl2N12O19/c1-2-3-50-4-19(44-46-50)14-66-36-33(62)31(60)27(56)22(69-36)9-52-7-20(45-49-52)15-67-37-34(63)30(59)26(55)21(68-37)8-51-5-17(42-47-51)12-65-13-18-6-53(48-43-18)10-23-28(57)35(64)39(16-40,71-23)72-38-32(61)29(58)25(41)24(11-54)70-38;1-48-2-15(40-44-48)12-64-34-31(60)28(57)25(54)20(66-34)7-50-5-18(43-47-50)13-65-35-32(61)29(58)24(53)19(67-35)6-49-3-16(41-45-49)10-63-11-17-4-51(46-42-17)8-21-26(55)33(62)37(14-38,69-21)70-36-30(59)27(56)23(39)22(9-52)68-36/h4-7,21-38,54-64H,2-3,8-16H2,1H3;2-5,19-36,52-62H,6-14H2,1H3/t21-,22-,23-,24-,25+,26+,27+,28-,29+,30+,31+,32+,33+,34+,35+,36-,37-,38+,39+;19-,20-,21-,22-,23-,24-,25-,26-,27+,28-,29-,30-,31-,32-,33+,34+,35+,36-,37+/m10/s1. The second-order valence-corrected chi connectivity index (χ2v) is 36.4. The summed E-state index contributed by atoms with van der Waals surface area (Å²) in [6.07, 6.45) is -37.2. The van der Waals surface area contributed by atoms with Crippen LogP contribution in [0.1, 0.15) is 58.9 Å². The molecule has 38 atom stereocenters. The van der Waals surface area contributed by atoms with E-state index in [1.54, 1.807) is 24.1 Å². The third-order valence-corrected chi connectivity index (χ3v) is 26.1. The van der Waals surface area contributed by atoms with Gasteiger partial charge in [-0.05, 0) is 6.42 Å². The highest BCUT2D eigenvalue weighted by atomic mass is 35.5. The summed E-state index contributed by atoms with van der Waals surface area (Å²) in [4.78, 5) is 0. The Balaban J connectivity index is 0.000000214. The molecule has 8 fully saturated rings. The number of halogens is 4. The minimum Gasteiger partial charge on any atom is -0.394 e. The van der Waals surface area contributed by atoms with Crippen LogP contribution in [0.15, 0.2) is 49.6 Å². The van der Waals surface area contributed by atoms with E-state index < -0.39 is 256 Å². The van der Waals surface area contributed by atoms with Gasteiger partial charge < -0.3 is 188 Å². The lowest BCUT2D eigenvalue weighted by Gasteiger charge is -2.43. The van der Waals surface area contributed by atoms with Gasteiger partial charge in [0.15, 0.2) is 37.7 Å². The molecule has 8 aliphatic heterocycles. The van der Waals surface area contributed by atoms with Gasteiger partial charge in [-0.15, -0.1) is 87.2 Å². The first-order valence-corrected chi connectivity index (χ1v) is 46.5. The molecule has 0 aliphatic carbocycles. The van der Waals surface area contributed by atoms with Gasteiger partial charge in [-0.2, -0.15) is 0 Å². The van der Waals surface area contributed by atoms with E-state index in [-0.39, 0.29) is 104 Å². The Kier molecular flexibility index (Phi) is 37.1. The fraction of sp³-hybridized carbons (Fsp3) is 0.789. The zero-order valence-electron chi connectivity index (χ0n) is 75.2. The Morgan fingerprint density at radius 2 is 0.528 bits per heavy atom. The number of rotatable bonds is 42. The first-order chi connectivity index (χ1) is 68.0. The van der Waals surface area contributed by atoms with E-state index in [2.05, 4.69) is 82.5 Å². The van der Waals surface area contributed by atoms with Gasteiger partial charge in [0.1, 0.15) is 216 Å². The summed E-state index contributed by atoms with van der Waals surface area (Å²) in [5.41, 5.74) is 2.81. The average Bonchev–Trinajstić information content (AvgIpc) is 1.61. The minimum atomic E-state index is -2.11. The molecule has 0 aromatic carbocycles. The van der Waals surface area contributed by atoms with E-state index in [0.717, 1.165) is 6.42 Å². The number of ether oxygens (including phenoxy) is 16. The van der Waals surface area contributed by atoms with Crippen LogP contribution in [0.25, 0.3) is 0 Å². The van der Waals surface area contributed by atoms with Gasteiger partial charge in [-0.3, -0.25) is 9.36 Å². The largest absolute Gasteiger partial charge is 0.394 e. The summed E-state index contributed by atoms with van der Waals surface area (Å²) in [7, 11) is 1.67. The van der Waals surface area contributed by atoms with Crippen molar-refractivity contribution in [3.05, 3.63) is 95.1 Å². The number of aliphatic hydroxyl groups excluding tert-OH is 22. The maximum atomic E-state index is 10.9. The van der Waals surface area contributed by atoms with Crippen LogP contribution in [0.5, 0.6) is 0 Å². The van der Waals surface area contributed by atoms with Crippen molar-refractivity contribution in [3.8, 4) is 0 Å². The quantitative estimate of drug-likeness (QED) is 0.0158. The van der Waals surface area contributed by atoms with Gasteiger partial charge in [0.2, 0.25) is 11.6 Å². The molecule has 22 N–H and O–H groups in total. The Hall–Kier alpha value is -7.24. The molecule has 8 saturated heterocycles. The lowest BCUT2D eigenvalue weighted by atomic mass is 9.99. The van der Waals surface area contributed by atoms with Gasteiger partial charge in [-0.1, -0.05) is 48.6 Å². The van der Waals surface area contributed by atoms with Crippen molar-refractivity contribution in [1.29, 1.82) is 0 Å². The second kappa shape index (κ2) is 48.4. The molecule has 8 aromatic rings. The van der Waals surface area contributed by atoms with Crippen LogP contribution < -0.4 is 0 Å². The summed E-state index contributed by atoms with van der Waals surface area (Å²) >= 11 is 24.4. The van der Waals surface area contributed by atoms with Crippen LogP contribution in [0.2, 0.25) is 0 Å². The van der Waals surface area contributed by atoms with Gasteiger partial charge in [0.05, 0.1) is 177 Å². The maximum Gasteiger partial charge on any atom is 0.214 e. The van der Waals surface area contributed by atoms with Crippen LogP contribution >= 0.6 is 46.4 Å². The van der Waals surface area contributed by atoms with E-state index >= 15 is 0 Å². The van der Waals surface area contributed by atoms with E-state index in [9.17, 15) is 112 Å². The molecule has 0 bridgehead atoms. The molecular weight excluding hydrogens is 2000 g/mol. The highest BCUT2D eigenvalue weighted by molar-refractivity contribution is 6.22. The first-order valence-electron chi connectivity index (χ1n) is 44.6. The van der Waals surface area contributed by atoms with Crippen LogP contribution in [0, 0.1) is 0 Å². The number of hydrogen-bond acceptors (Lipinski definition) is 54. The van der Waals surface area contributed by atoms with Crippen LogP contribution in [-0.4, -0.2) is 488 Å². The molecule has 0 radical (unpaired) electrons. The highest BCUT2D eigenvalue weighted by Gasteiger charge is 2.61. The highest BCUT2D eigenvalue weighted by Crippen LogP contribution is 2.42. The van der Waals surface area contributed by atoms with E-state index in [4.69, 9.17) is 122 Å². The summed E-state index contributed by atoms with van der Waals surface area (Å²) in [5.74, 6) is -5.29. The summed E-state index contributed by atoms with van der Waals surface area (Å²) in [6, 6.07) is 0.